The van der Waals surface area contributed by atoms with Gasteiger partial charge in [0, 0.05) is 18.0 Å². The summed E-state index contributed by atoms with van der Waals surface area (Å²) in [5, 5.41) is 12.7. The van der Waals surface area contributed by atoms with E-state index in [1.54, 1.807) is 13.3 Å². The van der Waals surface area contributed by atoms with Crippen molar-refractivity contribution in [3.8, 4) is 5.88 Å². The van der Waals surface area contributed by atoms with Gasteiger partial charge in [0.2, 0.25) is 5.88 Å². The second kappa shape index (κ2) is 4.06. The van der Waals surface area contributed by atoms with Crippen molar-refractivity contribution in [1.29, 1.82) is 0 Å². The van der Waals surface area contributed by atoms with Crippen LogP contribution in [0.2, 0.25) is 0 Å². The fourth-order valence-electron chi connectivity index (χ4n) is 1.83. The quantitative estimate of drug-likeness (QED) is 0.785. The average molecular weight is 208 g/mol. The molecule has 0 bridgehead atoms. The van der Waals surface area contributed by atoms with Gasteiger partial charge in [-0.1, -0.05) is 0 Å². The maximum absolute atomic E-state index is 9.31. The van der Waals surface area contributed by atoms with E-state index in [-0.39, 0.29) is 12.1 Å². The first kappa shape index (κ1) is 10.2. The molecule has 4 heteroatoms. The van der Waals surface area contributed by atoms with Crippen LogP contribution in [0.5, 0.6) is 5.88 Å². The summed E-state index contributed by atoms with van der Waals surface area (Å²) in [7, 11) is 1.59. The Morgan fingerprint density at radius 1 is 1.60 bits per heavy atom. The molecule has 4 nitrogen and oxygen atoms in total. The van der Waals surface area contributed by atoms with Gasteiger partial charge in [-0.2, -0.15) is 0 Å². The number of hydrogen-bond donors (Lipinski definition) is 2. The number of nitrogens with one attached hydrogen (secondary N) is 1. The van der Waals surface area contributed by atoms with E-state index in [9.17, 15) is 5.11 Å². The highest BCUT2D eigenvalue weighted by Gasteiger charge is 2.36. The molecule has 0 aromatic carbocycles. The number of ether oxygens (including phenoxy) is 1. The Kier molecular flexibility index (Phi) is 2.77. The number of aromatic nitrogens is 1. The molecule has 82 valence electrons. The monoisotopic (exact) mass is 208 g/mol. The topological polar surface area (TPSA) is 54.4 Å². The van der Waals surface area contributed by atoms with E-state index >= 15 is 0 Å². The van der Waals surface area contributed by atoms with Crippen molar-refractivity contribution in [2.75, 3.05) is 19.0 Å². The molecule has 15 heavy (non-hydrogen) atoms. The molecule has 0 radical (unpaired) electrons. The van der Waals surface area contributed by atoms with Crippen LogP contribution in [0.15, 0.2) is 18.3 Å². The van der Waals surface area contributed by atoms with Crippen LogP contribution in [0.1, 0.15) is 19.3 Å². The SMILES string of the molecule is COc1cc(NC2(CO)CCC2)ccn1. The van der Waals surface area contributed by atoms with Crippen molar-refractivity contribution in [3.63, 3.8) is 0 Å². The number of rotatable bonds is 4. The summed E-state index contributed by atoms with van der Waals surface area (Å²) in [4.78, 5) is 4.03. The molecule has 2 rings (SSSR count). The number of aliphatic hydroxyl groups is 1. The van der Waals surface area contributed by atoms with E-state index in [0.29, 0.717) is 5.88 Å². The third-order valence-electron chi connectivity index (χ3n) is 2.97. The van der Waals surface area contributed by atoms with Gasteiger partial charge in [-0.25, -0.2) is 4.98 Å². The van der Waals surface area contributed by atoms with E-state index in [2.05, 4.69) is 10.3 Å². The Morgan fingerprint density at radius 3 is 2.93 bits per heavy atom. The lowest BCUT2D eigenvalue weighted by molar-refractivity contribution is 0.144. The maximum Gasteiger partial charge on any atom is 0.214 e. The van der Waals surface area contributed by atoms with Gasteiger partial charge in [0.25, 0.3) is 0 Å². The maximum atomic E-state index is 9.31. The molecule has 1 aliphatic carbocycles. The summed E-state index contributed by atoms with van der Waals surface area (Å²) >= 11 is 0. The molecule has 0 atom stereocenters. The largest absolute Gasteiger partial charge is 0.481 e. The van der Waals surface area contributed by atoms with Gasteiger partial charge in [0.15, 0.2) is 0 Å². The number of methoxy groups -OCH3 is 1. The molecule has 0 unspecified atom stereocenters. The lowest BCUT2D eigenvalue weighted by atomic mass is 9.77. The molecule has 1 heterocycles. The molecule has 0 saturated heterocycles. The lowest BCUT2D eigenvalue weighted by Gasteiger charge is -2.41. The number of aliphatic hydroxyl groups excluding tert-OH is 1. The fraction of sp³-hybridized carbons (Fsp3) is 0.545. The Hall–Kier alpha value is -1.29. The molecular formula is C11H16N2O2. The van der Waals surface area contributed by atoms with Crippen LogP contribution in [-0.2, 0) is 0 Å². The predicted octanol–water partition coefficient (Wildman–Crippen LogP) is 1.42. The summed E-state index contributed by atoms with van der Waals surface area (Å²) < 4.78 is 5.04. The van der Waals surface area contributed by atoms with Gasteiger partial charge in [-0.3, -0.25) is 0 Å². The van der Waals surface area contributed by atoms with E-state index in [1.165, 1.54) is 6.42 Å². The van der Waals surface area contributed by atoms with Crippen LogP contribution in [0.3, 0.4) is 0 Å². The van der Waals surface area contributed by atoms with Gasteiger partial charge in [-0.15, -0.1) is 0 Å². The van der Waals surface area contributed by atoms with Gasteiger partial charge in [-0.05, 0) is 25.3 Å². The van der Waals surface area contributed by atoms with Crippen molar-refractivity contribution >= 4 is 5.69 Å². The van der Waals surface area contributed by atoms with Gasteiger partial charge >= 0.3 is 0 Å². The Labute approximate surface area is 89.3 Å². The van der Waals surface area contributed by atoms with Crippen molar-refractivity contribution in [2.45, 2.75) is 24.8 Å². The lowest BCUT2D eigenvalue weighted by Crippen LogP contribution is -2.48. The van der Waals surface area contributed by atoms with Crippen LogP contribution < -0.4 is 10.1 Å². The molecule has 0 aliphatic heterocycles. The molecule has 1 fully saturated rings. The number of nitrogens with zero attached hydrogens (tertiary/aromatic N) is 1. The normalized spacial score (nSPS) is 18.0. The Balaban J connectivity index is 2.09. The van der Waals surface area contributed by atoms with Crippen molar-refractivity contribution in [1.82, 2.24) is 4.98 Å². The zero-order chi connectivity index (χ0) is 10.7. The van der Waals surface area contributed by atoms with Gasteiger partial charge in [0.1, 0.15) is 0 Å². The first-order valence-corrected chi connectivity index (χ1v) is 5.17. The predicted molar refractivity (Wildman–Crippen MR) is 58.1 cm³/mol. The van der Waals surface area contributed by atoms with Crippen LogP contribution in [0.4, 0.5) is 5.69 Å². The van der Waals surface area contributed by atoms with Gasteiger partial charge in [0.05, 0.1) is 19.3 Å². The van der Waals surface area contributed by atoms with Crippen LogP contribution in [0.25, 0.3) is 0 Å². The zero-order valence-electron chi connectivity index (χ0n) is 8.86. The zero-order valence-corrected chi connectivity index (χ0v) is 8.86. The van der Waals surface area contributed by atoms with Crippen molar-refractivity contribution < 1.29 is 9.84 Å². The third-order valence-corrected chi connectivity index (χ3v) is 2.97. The summed E-state index contributed by atoms with van der Waals surface area (Å²) in [6, 6.07) is 3.73. The first-order chi connectivity index (χ1) is 7.28. The molecular weight excluding hydrogens is 192 g/mol. The molecule has 2 N–H and O–H groups in total. The molecule has 1 aliphatic rings. The second-order valence-electron chi connectivity index (χ2n) is 4.00. The summed E-state index contributed by atoms with van der Waals surface area (Å²) in [5.74, 6) is 0.590. The molecule has 1 aromatic rings. The molecule has 1 aromatic heterocycles. The highest BCUT2D eigenvalue weighted by Crippen LogP contribution is 2.35. The molecule has 1 saturated carbocycles. The number of anilines is 1. The summed E-state index contributed by atoms with van der Waals surface area (Å²) in [6.07, 6.45) is 4.92. The smallest absolute Gasteiger partial charge is 0.214 e. The summed E-state index contributed by atoms with van der Waals surface area (Å²) in [6.45, 7) is 0.178. The van der Waals surface area contributed by atoms with Crippen molar-refractivity contribution in [2.24, 2.45) is 0 Å². The van der Waals surface area contributed by atoms with E-state index in [1.807, 2.05) is 12.1 Å². The highest BCUT2D eigenvalue weighted by molar-refractivity contribution is 5.48. The molecule has 0 spiro atoms. The standard InChI is InChI=1S/C11H16N2O2/c1-15-10-7-9(3-6-12-10)13-11(8-14)4-2-5-11/h3,6-7,14H,2,4-5,8H2,1H3,(H,12,13). The minimum atomic E-state index is -0.119. The molecule has 0 amide bonds. The van der Waals surface area contributed by atoms with E-state index in [4.69, 9.17) is 4.74 Å². The highest BCUT2D eigenvalue weighted by atomic mass is 16.5. The number of pyridine rings is 1. The Morgan fingerprint density at radius 2 is 2.40 bits per heavy atom. The van der Waals surface area contributed by atoms with Crippen LogP contribution in [-0.4, -0.2) is 29.3 Å². The van der Waals surface area contributed by atoms with Crippen LogP contribution in [0, 0.1) is 0 Å². The Bertz CT molecular complexity index is 332. The van der Waals surface area contributed by atoms with Crippen LogP contribution >= 0.6 is 0 Å². The van der Waals surface area contributed by atoms with Gasteiger partial charge < -0.3 is 15.2 Å². The fourth-order valence-corrected chi connectivity index (χ4v) is 1.83. The number of hydrogen-bond acceptors (Lipinski definition) is 4. The second-order valence-corrected chi connectivity index (χ2v) is 4.00. The summed E-state index contributed by atoms with van der Waals surface area (Å²) in [5.41, 5.74) is 0.836. The first-order valence-electron chi connectivity index (χ1n) is 5.17. The minimum Gasteiger partial charge on any atom is -0.481 e. The van der Waals surface area contributed by atoms with Crippen molar-refractivity contribution in [3.05, 3.63) is 18.3 Å². The van der Waals surface area contributed by atoms with E-state index < -0.39 is 0 Å². The minimum absolute atomic E-state index is 0.119. The third kappa shape index (κ3) is 2.04. The van der Waals surface area contributed by atoms with E-state index in [0.717, 1.165) is 18.5 Å². The average Bonchev–Trinajstić information content (AvgIpc) is 2.24.